The van der Waals surface area contributed by atoms with E-state index in [1.807, 2.05) is 0 Å². The zero-order valence-electron chi connectivity index (χ0n) is 15.2. The van der Waals surface area contributed by atoms with Crippen molar-refractivity contribution in [3.63, 3.8) is 0 Å². The summed E-state index contributed by atoms with van der Waals surface area (Å²) in [6, 6.07) is 6.94. The Morgan fingerprint density at radius 1 is 1.14 bits per heavy atom. The average molecular weight is 392 g/mol. The van der Waals surface area contributed by atoms with Crippen LogP contribution in [0.1, 0.15) is 35.3 Å². The molecule has 2 aromatic rings. The first-order valence-electron chi connectivity index (χ1n) is 8.64. The Kier molecular flexibility index (Phi) is 4.82. The van der Waals surface area contributed by atoms with Crippen LogP contribution in [0.2, 0.25) is 0 Å². The van der Waals surface area contributed by atoms with Crippen LogP contribution in [-0.2, 0) is 17.5 Å². The molecule has 0 saturated carbocycles. The molecule has 3 N–H and O–H groups in total. The van der Waals surface area contributed by atoms with Crippen molar-refractivity contribution in [2.45, 2.75) is 32.6 Å². The van der Waals surface area contributed by atoms with Crippen molar-refractivity contribution in [3.05, 3.63) is 53.1 Å². The largest absolute Gasteiger partial charge is 0.480 e. The number of nitrogens with two attached hydrogens (primary N) is 1. The maximum absolute atomic E-state index is 13.4. The molecule has 0 fully saturated rings. The van der Waals surface area contributed by atoms with Crippen molar-refractivity contribution >= 4 is 17.6 Å². The summed E-state index contributed by atoms with van der Waals surface area (Å²) >= 11 is 0. The molecule has 5 nitrogen and oxygen atoms in total. The van der Waals surface area contributed by atoms with Crippen LogP contribution in [0.3, 0.4) is 0 Å². The lowest BCUT2D eigenvalue weighted by Gasteiger charge is -2.27. The first-order valence-corrected chi connectivity index (χ1v) is 8.64. The minimum Gasteiger partial charge on any atom is -0.480 e. The number of hydrogen-bond donors (Lipinski definition) is 2. The van der Waals surface area contributed by atoms with Gasteiger partial charge >= 0.3 is 12.1 Å². The minimum atomic E-state index is -4.61. The van der Waals surface area contributed by atoms with E-state index in [-0.39, 0.29) is 34.8 Å². The summed E-state index contributed by atoms with van der Waals surface area (Å²) in [6.45, 7) is 3.51. The number of halogens is 3. The van der Waals surface area contributed by atoms with Gasteiger partial charge in [0.25, 0.3) is 5.91 Å². The number of carbonyl (C=O) groups excluding carboxylic acids is 1. The van der Waals surface area contributed by atoms with Crippen LogP contribution >= 0.6 is 0 Å². The molecule has 0 aromatic heterocycles. The van der Waals surface area contributed by atoms with Crippen LogP contribution in [0.15, 0.2) is 36.4 Å². The number of carbonyl (C=O) groups is 2. The predicted octanol–water partition coefficient (Wildman–Crippen LogP) is 4.02. The van der Waals surface area contributed by atoms with Gasteiger partial charge in [0.2, 0.25) is 0 Å². The van der Waals surface area contributed by atoms with Gasteiger partial charge in [0.05, 0.1) is 5.56 Å². The topological polar surface area (TPSA) is 83.6 Å². The third-order valence-electron chi connectivity index (χ3n) is 4.82. The minimum absolute atomic E-state index is 0.0132. The fourth-order valence-electron chi connectivity index (χ4n) is 3.54. The molecule has 1 aliphatic heterocycles. The van der Waals surface area contributed by atoms with Gasteiger partial charge in [-0.05, 0) is 40.8 Å². The SMILES string of the molecule is CC(C)C(C(=O)O)N1Cc2ccc(-c3ccc(N)cc3C(F)(F)F)cc2C1=O. The number of carboxylic acid groups (broad SMARTS) is 1. The number of alkyl halides is 3. The lowest BCUT2D eigenvalue weighted by molar-refractivity contribution is -0.144. The Labute approximate surface area is 159 Å². The number of hydrogen-bond acceptors (Lipinski definition) is 3. The van der Waals surface area contributed by atoms with Gasteiger partial charge in [0.1, 0.15) is 6.04 Å². The normalized spacial score (nSPS) is 15.1. The standard InChI is InChI=1S/C20H19F3N2O3/c1-10(2)17(19(27)28)25-9-12-4-3-11(7-15(12)18(25)26)14-6-5-13(24)8-16(14)20(21,22)23/h3-8,10,17H,9,24H2,1-2H3,(H,27,28). The fourth-order valence-corrected chi connectivity index (χ4v) is 3.54. The molecular formula is C20H19F3N2O3. The molecule has 0 aliphatic carbocycles. The zero-order valence-corrected chi connectivity index (χ0v) is 15.2. The number of nitrogens with zero attached hydrogens (tertiary/aromatic N) is 1. The van der Waals surface area contributed by atoms with Gasteiger partial charge in [-0.3, -0.25) is 4.79 Å². The number of rotatable bonds is 4. The van der Waals surface area contributed by atoms with Gasteiger partial charge in [-0.1, -0.05) is 32.0 Å². The number of amides is 1. The van der Waals surface area contributed by atoms with E-state index >= 15 is 0 Å². The van der Waals surface area contributed by atoms with Crippen LogP contribution in [0.4, 0.5) is 18.9 Å². The first-order chi connectivity index (χ1) is 13.0. The zero-order chi connectivity index (χ0) is 20.8. The molecule has 1 aliphatic rings. The molecule has 1 amide bonds. The molecule has 148 valence electrons. The molecule has 0 radical (unpaired) electrons. The summed E-state index contributed by atoms with van der Waals surface area (Å²) in [6.07, 6.45) is -4.61. The predicted molar refractivity (Wildman–Crippen MR) is 97.4 cm³/mol. The first kappa shape index (κ1) is 19.7. The lowest BCUT2D eigenvalue weighted by Crippen LogP contribution is -2.44. The van der Waals surface area contributed by atoms with Gasteiger partial charge in [0.15, 0.2) is 0 Å². The van der Waals surface area contributed by atoms with Crippen molar-refractivity contribution in [2.24, 2.45) is 5.92 Å². The van der Waals surface area contributed by atoms with E-state index in [4.69, 9.17) is 5.73 Å². The van der Waals surface area contributed by atoms with E-state index in [9.17, 15) is 27.9 Å². The summed E-state index contributed by atoms with van der Waals surface area (Å²) in [7, 11) is 0. The Balaban J connectivity index is 2.05. The number of aliphatic carboxylic acids is 1. The molecule has 0 saturated heterocycles. The Hall–Kier alpha value is -3.03. The van der Waals surface area contributed by atoms with Gasteiger partial charge in [-0.25, -0.2) is 4.79 Å². The van der Waals surface area contributed by atoms with Crippen LogP contribution in [0.25, 0.3) is 11.1 Å². The van der Waals surface area contributed by atoms with Crippen LogP contribution in [-0.4, -0.2) is 27.9 Å². The van der Waals surface area contributed by atoms with Crippen molar-refractivity contribution in [1.29, 1.82) is 0 Å². The number of fused-ring (bicyclic) bond motifs is 1. The molecule has 1 unspecified atom stereocenters. The number of nitrogen functional groups attached to an aromatic ring is 1. The van der Waals surface area contributed by atoms with E-state index in [0.29, 0.717) is 5.56 Å². The Bertz CT molecular complexity index is 954. The maximum Gasteiger partial charge on any atom is 0.417 e. The molecule has 28 heavy (non-hydrogen) atoms. The smallest absolute Gasteiger partial charge is 0.417 e. The summed E-state index contributed by atoms with van der Waals surface area (Å²) in [5.41, 5.74) is 5.54. The fraction of sp³-hybridized carbons (Fsp3) is 0.300. The van der Waals surface area contributed by atoms with Gasteiger partial charge < -0.3 is 15.7 Å². The summed E-state index contributed by atoms with van der Waals surface area (Å²) in [5.74, 6) is -1.93. The third-order valence-corrected chi connectivity index (χ3v) is 4.82. The number of anilines is 1. The van der Waals surface area contributed by atoms with E-state index in [1.54, 1.807) is 19.9 Å². The summed E-state index contributed by atoms with van der Waals surface area (Å²) in [4.78, 5) is 25.6. The van der Waals surface area contributed by atoms with Crippen LogP contribution < -0.4 is 5.73 Å². The maximum atomic E-state index is 13.4. The monoisotopic (exact) mass is 392 g/mol. The molecule has 1 heterocycles. The Morgan fingerprint density at radius 2 is 1.82 bits per heavy atom. The highest BCUT2D eigenvalue weighted by molar-refractivity contribution is 6.01. The van der Waals surface area contributed by atoms with Gasteiger partial charge in [-0.2, -0.15) is 13.2 Å². The molecule has 0 spiro atoms. The van der Waals surface area contributed by atoms with Gasteiger partial charge in [-0.15, -0.1) is 0 Å². The highest BCUT2D eigenvalue weighted by atomic mass is 19.4. The molecule has 1 atom stereocenters. The molecule has 0 bridgehead atoms. The highest BCUT2D eigenvalue weighted by Crippen LogP contribution is 2.39. The second-order valence-corrected chi connectivity index (χ2v) is 7.13. The van der Waals surface area contributed by atoms with E-state index in [2.05, 4.69) is 0 Å². The average Bonchev–Trinajstić information content (AvgIpc) is 2.89. The number of carboxylic acids is 1. The van der Waals surface area contributed by atoms with E-state index in [1.165, 1.54) is 29.2 Å². The summed E-state index contributed by atoms with van der Waals surface area (Å²) in [5, 5.41) is 9.45. The lowest BCUT2D eigenvalue weighted by atomic mass is 9.95. The van der Waals surface area contributed by atoms with Gasteiger partial charge in [0, 0.05) is 17.8 Å². The van der Waals surface area contributed by atoms with Crippen molar-refractivity contribution < 1.29 is 27.9 Å². The molecule has 2 aromatic carbocycles. The second-order valence-electron chi connectivity index (χ2n) is 7.13. The quantitative estimate of drug-likeness (QED) is 0.770. The van der Waals surface area contributed by atoms with Crippen LogP contribution in [0, 0.1) is 5.92 Å². The number of benzene rings is 2. The Morgan fingerprint density at radius 3 is 2.39 bits per heavy atom. The van der Waals surface area contributed by atoms with Crippen molar-refractivity contribution in [3.8, 4) is 11.1 Å². The highest BCUT2D eigenvalue weighted by Gasteiger charge is 2.39. The van der Waals surface area contributed by atoms with Crippen LogP contribution in [0.5, 0.6) is 0 Å². The molecular weight excluding hydrogens is 373 g/mol. The van der Waals surface area contributed by atoms with Crippen molar-refractivity contribution in [2.75, 3.05) is 5.73 Å². The summed E-state index contributed by atoms with van der Waals surface area (Å²) < 4.78 is 40.2. The second kappa shape index (κ2) is 6.85. The van der Waals surface area contributed by atoms with E-state index < -0.39 is 29.7 Å². The third kappa shape index (κ3) is 3.42. The molecule has 8 heteroatoms. The van der Waals surface area contributed by atoms with Crippen molar-refractivity contribution in [1.82, 2.24) is 4.90 Å². The van der Waals surface area contributed by atoms with E-state index in [0.717, 1.165) is 6.07 Å². The molecule has 3 rings (SSSR count).